The first-order valence-corrected chi connectivity index (χ1v) is 5.39. The number of carbonyl (C=O) groups is 1. The number of aryl methyl sites for hydroxylation is 3. The van der Waals surface area contributed by atoms with Crippen molar-refractivity contribution in [1.29, 1.82) is 0 Å². The van der Waals surface area contributed by atoms with Crippen LogP contribution in [-0.2, 0) is 12.8 Å². The van der Waals surface area contributed by atoms with Crippen molar-refractivity contribution >= 4 is 5.97 Å². The molecule has 1 aromatic carbocycles. The van der Waals surface area contributed by atoms with Gasteiger partial charge in [-0.2, -0.15) is 0 Å². The van der Waals surface area contributed by atoms with Gasteiger partial charge in [-0.1, -0.05) is 35.0 Å². The molecule has 0 saturated carbocycles. The number of benzene rings is 1. The largest absolute Gasteiger partial charge is 0.476 e. The Morgan fingerprint density at radius 3 is 2.82 bits per heavy atom. The van der Waals surface area contributed by atoms with Crippen molar-refractivity contribution in [2.45, 2.75) is 19.8 Å². The molecule has 0 atom stereocenters. The van der Waals surface area contributed by atoms with Crippen molar-refractivity contribution in [3.63, 3.8) is 0 Å². The molecule has 0 spiro atoms. The predicted molar refractivity (Wildman–Crippen MR) is 62.0 cm³/mol. The highest BCUT2D eigenvalue weighted by atomic mass is 16.5. The lowest BCUT2D eigenvalue weighted by molar-refractivity contribution is 0.0685. The standard InChI is InChI=1S/C13H13NO3/c1-9-3-2-4-10(7-9)5-6-11-8-12(13(15)16)14-17-11/h2-4,7-8H,5-6H2,1H3,(H,15,16). The average Bonchev–Trinajstić information content (AvgIpc) is 2.75. The van der Waals surface area contributed by atoms with Gasteiger partial charge in [0.15, 0.2) is 5.69 Å². The van der Waals surface area contributed by atoms with Crippen LogP contribution < -0.4 is 0 Å². The molecule has 4 nitrogen and oxygen atoms in total. The summed E-state index contributed by atoms with van der Waals surface area (Å²) >= 11 is 0. The first-order valence-electron chi connectivity index (χ1n) is 5.39. The number of nitrogens with zero attached hydrogens (tertiary/aromatic N) is 1. The van der Waals surface area contributed by atoms with Crippen molar-refractivity contribution in [2.24, 2.45) is 0 Å². The van der Waals surface area contributed by atoms with Crippen LogP contribution in [0.25, 0.3) is 0 Å². The zero-order chi connectivity index (χ0) is 12.3. The summed E-state index contributed by atoms with van der Waals surface area (Å²) in [7, 11) is 0. The van der Waals surface area contributed by atoms with Crippen molar-refractivity contribution in [2.75, 3.05) is 0 Å². The smallest absolute Gasteiger partial charge is 0.358 e. The van der Waals surface area contributed by atoms with E-state index in [1.54, 1.807) is 0 Å². The van der Waals surface area contributed by atoms with E-state index in [0.717, 1.165) is 6.42 Å². The molecule has 0 amide bonds. The van der Waals surface area contributed by atoms with Crippen LogP contribution in [0.5, 0.6) is 0 Å². The predicted octanol–water partition coefficient (Wildman–Crippen LogP) is 2.47. The molecule has 2 aromatic rings. The molecule has 0 aliphatic heterocycles. The van der Waals surface area contributed by atoms with Gasteiger partial charge >= 0.3 is 5.97 Å². The highest BCUT2D eigenvalue weighted by molar-refractivity contribution is 5.85. The molecule has 1 N–H and O–H groups in total. The van der Waals surface area contributed by atoms with Crippen molar-refractivity contribution < 1.29 is 14.4 Å². The van der Waals surface area contributed by atoms with E-state index in [9.17, 15) is 4.79 Å². The van der Waals surface area contributed by atoms with Gasteiger partial charge in [-0.3, -0.25) is 0 Å². The zero-order valence-corrected chi connectivity index (χ0v) is 9.51. The highest BCUT2D eigenvalue weighted by Gasteiger charge is 2.10. The van der Waals surface area contributed by atoms with Crippen LogP contribution in [0.15, 0.2) is 34.9 Å². The van der Waals surface area contributed by atoms with Crippen LogP contribution >= 0.6 is 0 Å². The lowest BCUT2D eigenvalue weighted by atomic mass is 10.1. The third-order valence-corrected chi connectivity index (χ3v) is 2.52. The van der Waals surface area contributed by atoms with Gasteiger partial charge in [0.25, 0.3) is 0 Å². The van der Waals surface area contributed by atoms with Gasteiger partial charge in [0.2, 0.25) is 0 Å². The lowest BCUT2D eigenvalue weighted by Crippen LogP contribution is -1.95. The number of aromatic nitrogens is 1. The minimum Gasteiger partial charge on any atom is -0.476 e. The Bertz CT molecular complexity index is 531. The highest BCUT2D eigenvalue weighted by Crippen LogP contribution is 2.10. The van der Waals surface area contributed by atoms with Gasteiger partial charge in [0.05, 0.1) is 0 Å². The quantitative estimate of drug-likeness (QED) is 0.877. The maximum absolute atomic E-state index is 10.6. The number of rotatable bonds is 4. The minimum atomic E-state index is -1.06. The molecule has 0 aliphatic rings. The fourth-order valence-corrected chi connectivity index (χ4v) is 1.67. The molecule has 0 bridgehead atoms. The van der Waals surface area contributed by atoms with E-state index in [1.807, 2.05) is 25.1 Å². The Balaban J connectivity index is 2.00. The third kappa shape index (κ3) is 2.93. The second-order valence-corrected chi connectivity index (χ2v) is 3.97. The summed E-state index contributed by atoms with van der Waals surface area (Å²) in [6, 6.07) is 9.67. The Morgan fingerprint density at radius 1 is 1.35 bits per heavy atom. The summed E-state index contributed by atoms with van der Waals surface area (Å²) in [5.41, 5.74) is 2.38. The van der Waals surface area contributed by atoms with Crippen LogP contribution in [0.2, 0.25) is 0 Å². The number of hydrogen-bond donors (Lipinski definition) is 1. The molecule has 17 heavy (non-hydrogen) atoms. The maximum Gasteiger partial charge on any atom is 0.358 e. The first-order chi connectivity index (χ1) is 8.15. The molecule has 4 heteroatoms. The molecule has 1 heterocycles. The van der Waals surface area contributed by atoms with E-state index in [-0.39, 0.29) is 5.69 Å². The molecule has 2 rings (SSSR count). The van der Waals surface area contributed by atoms with E-state index >= 15 is 0 Å². The van der Waals surface area contributed by atoms with Crippen molar-refractivity contribution in [3.8, 4) is 0 Å². The molecule has 0 saturated heterocycles. The Morgan fingerprint density at radius 2 is 2.18 bits per heavy atom. The molecule has 0 radical (unpaired) electrons. The van der Waals surface area contributed by atoms with Crippen molar-refractivity contribution in [3.05, 3.63) is 52.9 Å². The van der Waals surface area contributed by atoms with E-state index in [0.29, 0.717) is 12.2 Å². The van der Waals surface area contributed by atoms with Gasteiger partial charge in [-0.15, -0.1) is 0 Å². The monoisotopic (exact) mass is 231 g/mol. The zero-order valence-electron chi connectivity index (χ0n) is 9.51. The summed E-state index contributed by atoms with van der Waals surface area (Å²) in [5.74, 6) is -0.459. The summed E-state index contributed by atoms with van der Waals surface area (Å²) in [6.07, 6.45) is 1.47. The fourth-order valence-electron chi connectivity index (χ4n) is 1.67. The summed E-state index contributed by atoms with van der Waals surface area (Å²) in [5, 5.41) is 12.2. The van der Waals surface area contributed by atoms with Gasteiger partial charge < -0.3 is 9.63 Å². The second-order valence-electron chi connectivity index (χ2n) is 3.97. The number of carboxylic acid groups (broad SMARTS) is 1. The van der Waals surface area contributed by atoms with Crippen LogP contribution in [0, 0.1) is 6.92 Å². The minimum absolute atomic E-state index is 0.0377. The molecular weight excluding hydrogens is 218 g/mol. The van der Waals surface area contributed by atoms with Crippen LogP contribution in [0.3, 0.4) is 0 Å². The normalized spacial score (nSPS) is 10.4. The first kappa shape index (κ1) is 11.4. The van der Waals surface area contributed by atoms with Gasteiger partial charge in [0, 0.05) is 12.5 Å². The van der Waals surface area contributed by atoms with Crippen LogP contribution in [-0.4, -0.2) is 16.2 Å². The van der Waals surface area contributed by atoms with E-state index in [4.69, 9.17) is 9.63 Å². The maximum atomic E-state index is 10.6. The number of aromatic carboxylic acids is 1. The Labute approximate surface area is 98.9 Å². The summed E-state index contributed by atoms with van der Waals surface area (Å²) in [6.45, 7) is 2.04. The van der Waals surface area contributed by atoms with Gasteiger partial charge in [0.1, 0.15) is 5.76 Å². The van der Waals surface area contributed by atoms with Crippen molar-refractivity contribution in [1.82, 2.24) is 5.16 Å². The average molecular weight is 231 g/mol. The fraction of sp³-hybridized carbons (Fsp3) is 0.231. The molecular formula is C13H13NO3. The molecule has 1 aromatic heterocycles. The van der Waals surface area contributed by atoms with Crippen LogP contribution in [0.4, 0.5) is 0 Å². The Hall–Kier alpha value is -2.10. The molecule has 0 aliphatic carbocycles. The van der Waals surface area contributed by atoms with E-state index in [1.165, 1.54) is 17.2 Å². The molecule has 0 fully saturated rings. The second kappa shape index (κ2) is 4.82. The SMILES string of the molecule is Cc1cccc(CCc2cc(C(=O)O)no2)c1. The topological polar surface area (TPSA) is 63.3 Å². The Kier molecular flexibility index (Phi) is 3.23. The van der Waals surface area contributed by atoms with E-state index < -0.39 is 5.97 Å². The van der Waals surface area contributed by atoms with Gasteiger partial charge in [-0.25, -0.2) is 4.79 Å². The number of carboxylic acids is 1. The molecule has 88 valence electrons. The summed E-state index contributed by atoms with van der Waals surface area (Å²) in [4.78, 5) is 10.6. The van der Waals surface area contributed by atoms with Gasteiger partial charge in [-0.05, 0) is 18.9 Å². The summed E-state index contributed by atoms with van der Waals surface area (Å²) < 4.78 is 4.95. The third-order valence-electron chi connectivity index (χ3n) is 2.52. The number of hydrogen-bond acceptors (Lipinski definition) is 3. The lowest BCUT2D eigenvalue weighted by Gasteiger charge is -1.99. The van der Waals surface area contributed by atoms with Crippen LogP contribution in [0.1, 0.15) is 27.4 Å². The van der Waals surface area contributed by atoms with E-state index in [2.05, 4.69) is 11.2 Å². The molecule has 0 unspecified atom stereocenters.